The van der Waals surface area contributed by atoms with Crippen LogP contribution in [-0.4, -0.2) is 48.6 Å². The highest BCUT2D eigenvalue weighted by molar-refractivity contribution is 6.08. The van der Waals surface area contributed by atoms with E-state index in [-0.39, 0.29) is 6.23 Å². The molecular formula is C18H20N6O3. The molecule has 0 spiro atoms. The molecule has 1 aliphatic rings. The molecule has 9 heteroatoms. The lowest BCUT2D eigenvalue weighted by Crippen LogP contribution is -2.38. The lowest BCUT2D eigenvalue weighted by Gasteiger charge is -2.23. The summed E-state index contributed by atoms with van der Waals surface area (Å²) in [5, 5.41) is 13.3. The maximum Gasteiger partial charge on any atom is 0.211 e. The first kappa shape index (κ1) is 18.5. The van der Waals surface area contributed by atoms with Gasteiger partial charge >= 0.3 is 0 Å². The first-order chi connectivity index (χ1) is 13.2. The number of amides is 1. The van der Waals surface area contributed by atoms with Crippen LogP contribution < -0.4 is 16.4 Å². The fourth-order valence-corrected chi connectivity index (χ4v) is 2.52. The zero-order chi connectivity index (χ0) is 19.1. The molecule has 9 nitrogen and oxygen atoms in total. The van der Waals surface area contributed by atoms with Crippen molar-refractivity contribution in [2.75, 3.05) is 30.9 Å². The molecule has 27 heavy (non-hydrogen) atoms. The Morgan fingerprint density at radius 1 is 1.30 bits per heavy atom. The molecule has 0 aromatic carbocycles. The predicted molar refractivity (Wildman–Crippen MR) is 102 cm³/mol. The molecule has 1 amide bonds. The second kappa shape index (κ2) is 8.88. The van der Waals surface area contributed by atoms with Gasteiger partial charge in [0.25, 0.3) is 0 Å². The zero-order valence-electron chi connectivity index (χ0n) is 14.5. The lowest BCUT2D eigenvalue weighted by atomic mass is 10.0. The van der Waals surface area contributed by atoms with Gasteiger partial charge in [0.05, 0.1) is 37.4 Å². The van der Waals surface area contributed by atoms with Gasteiger partial charge in [-0.2, -0.15) is 0 Å². The fourth-order valence-electron chi connectivity index (χ4n) is 2.52. The molecule has 140 valence electrons. The zero-order valence-corrected chi connectivity index (χ0v) is 14.5. The molecule has 0 radical (unpaired) electrons. The molecular weight excluding hydrogens is 348 g/mol. The predicted octanol–water partition coefficient (Wildman–Crippen LogP) is 1.25. The number of nitrogens with zero attached hydrogens (tertiary/aromatic N) is 2. The molecule has 3 heterocycles. The maximum atomic E-state index is 10.5. The van der Waals surface area contributed by atoms with Crippen molar-refractivity contribution in [1.29, 1.82) is 5.41 Å². The Balaban J connectivity index is 1.84. The van der Waals surface area contributed by atoms with E-state index in [2.05, 4.69) is 20.6 Å². The van der Waals surface area contributed by atoms with Crippen molar-refractivity contribution in [2.45, 2.75) is 6.23 Å². The Labute approximate surface area is 156 Å². The van der Waals surface area contributed by atoms with Crippen LogP contribution in [0.4, 0.5) is 11.5 Å². The van der Waals surface area contributed by atoms with Crippen LogP contribution in [0, 0.1) is 5.41 Å². The molecule has 1 unspecified atom stereocenters. The Kier molecular flexibility index (Phi) is 6.08. The molecule has 2 aromatic rings. The summed E-state index contributed by atoms with van der Waals surface area (Å²) in [7, 11) is 0. The van der Waals surface area contributed by atoms with E-state index in [4.69, 9.17) is 20.6 Å². The summed E-state index contributed by atoms with van der Waals surface area (Å²) in [4.78, 5) is 19.0. The number of nitrogens with two attached hydrogens (primary N) is 1. The summed E-state index contributed by atoms with van der Waals surface area (Å²) in [6.45, 7) is 1.55. The van der Waals surface area contributed by atoms with E-state index in [1.807, 2.05) is 6.07 Å². The van der Waals surface area contributed by atoms with Crippen LogP contribution in [0.15, 0.2) is 36.8 Å². The Morgan fingerprint density at radius 3 is 2.85 bits per heavy atom. The van der Waals surface area contributed by atoms with E-state index < -0.39 is 0 Å². The van der Waals surface area contributed by atoms with Crippen LogP contribution in [0.1, 0.15) is 5.56 Å². The van der Waals surface area contributed by atoms with Gasteiger partial charge < -0.3 is 31.3 Å². The van der Waals surface area contributed by atoms with E-state index in [1.54, 1.807) is 24.5 Å². The first-order valence-corrected chi connectivity index (χ1v) is 8.30. The SMILES string of the molecule is N=C/C(=C\NC1COCCO1)c1cnc(N)c(-c2ccc(NC=O)cn2)c1. The summed E-state index contributed by atoms with van der Waals surface area (Å²) in [6, 6.07) is 5.27. The van der Waals surface area contributed by atoms with E-state index in [0.29, 0.717) is 60.1 Å². The number of nitrogen functional groups attached to an aromatic ring is 1. The van der Waals surface area contributed by atoms with Gasteiger partial charge in [-0.3, -0.25) is 9.78 Å². The van der Waals surface area contributed by atoms with Gasteiger partial charge in [-0.1, -0.05) is 0 Å². The molecule has 3 rings (SSSR count). The smallest absolute Gasteiger partial charge is 0.211 e. The quantitative estimate of drug-likeness (QED) is 0.426. The van der Waals surface area contributed by atoms with Crippen molar-refractivity contribution < 1.29 is 14.3 Å². The number of hydrogen-bond acceptors (Lipinski definition) is 8. The van der Waals surface area contributed by atoms with Crippen LogP contribution in [0.2, 0.25) is 0 Å². The molecule has 1 saturated heterocycles. The number of carbonyl (C=O) groups is 1. The van der Waals surface area contributed by atoms with Gasteiger partial charge in [0, 0.05) is 35.3 Å². The number of carbonyl (C=O) groups excluding carboxylic acids is 1. The van der Waals surface area contributed by atoms with Crippen molar-refractivity contribution in [3.8, 4) is 11.3 Å². The van der Waals surface area contributed by atoms with Crippen molar-refractivity contribution in [1.82, 2.24) is 15.3 Å². The molecule has 5 N–H and O–H groups in total. The van der Waals surface area contributed by atoms with Crippen LogP contribution in [0.25, 0.3) is 16.8 Å². The largest absolute Gasteiger partial charge is 0.383 e. The number of anilines is 2. The van der Waals surface area contributed by atoms with E-state index >= 15 is 0 Å². The van der Waals surface area contributed by atoms with Crippen molar-refractivity contribution in [3.63, 3.8) is 0 Å². The summed E-state index contributed by atoms with van der Waals surface area (Å²) >= 11 is 0. The van der Waals surface area contributed by atoms with E-state index in [9.17, 15) is 4.79 Å². The highest BCUT2D eigenvalue weighted by Crippen LogP contribution is 2.26. The van der Waals surface area contributed by atoms with Crippen molar-refractivity contribution in [3.05, 3.63) is 42.4 Å². The monoisotopic (exact) mass is 368 g/mol. The minimum Gasteiger partial charge on any atom is -0.383 e. The van der Waals surface area contributed by atoms with Crippen LogP contribution in [0.3, 0.4) is 0 Å². The number of ether oxygens (including phenoxy) is 2. The minimum absolute atomic E-state index is 0.255. The number of rotatable bonds is 7. The van der Waals surface area contributed by atoms with Gasteiger partial charge in [-0.05, 0) is 18.2 Å². The van der Waals surface area contributed by atoms with Gasteiger partial charge in [0.1, 0.15) is 5.82 Å². The third-order valence-corrected chi connectivity index (χ3v) is 3.91. The standard InChI is InChI=1S/C18H20N6O3/c19-6-13(8-22-17-10-26-3-4-27-17)12-5-15(18(20)23-7-12)16-2-1-14(9-21-16)24-11-25/h1-2,5-9,11,17,19,22H,3-4,10H2,(H2,20,23)(H,24,25)/b13-8+,19-6?. The van der Waals surface area contributed by atoms with Gasteiger partial charge in [-0.15, -0.1) is 0 Å². The molecule has 0 bridgehead atoms. The highest BCUT2D eigenvalue weighted by atomic mass is 16.6. The number of allylic oxidation sites excluding steroid dienone is 1. The normalized spacial score (nSPS) is 17.2. The van der Waals surface area contributed by atoms with Crippen molar-refractivity contribution in [2.24, 2.45) is 0 Å². The van der Waals surface area contributed by atoms with Crippen LogP contribution in [-0.2, 0) is 14.3 Å². The summed E-state index contributed by atoms with van der Waals surface area (Å²) in [5.74, 6) is 0.323. The minimum atomic E-state index is -0.255. The topological polar surface area (TPSA) is 135 Å². The number of nitrogens with one attached hydrogen (secondary N) is 3. The van der Waals surface area contributed by atoms with Gasteiger partial charge in [0.15, 0.2) is 6.23 Å². The summed E-state index contributed by atoms with van der Waals surface area (Å²) in [5.41, 5.74) is 9.14. The van der Waals surface area contributed by atoms with Crippen molar-refractivity contribution >= 4 is 29.7 Å². The average molecular weight is 368 g/mol. The molecule has 1 atom stereocenters. The molecule has 0 aliphatic carbocycles. The number of aromatic nitrogens is 2. The van der Waals surface area contributed by atoms with Crippen LogP contribution in [0.5, 0.6) is 0 Å². The van der Waals surface area contributed by atoms with Gasteiger partial charge in [0.2, 0.25) is 6.41 Å². The van der Waals surface area contributed by atoms with E-state index in [0.717, 1.165) is 0 Å². The Bertz CT molecular complexity index is 831. The first-order valence-electron chi connectivity index (χ1n) is 8.30. The number of pyridine rings is 2. The molecule has 1 aliphatic heterocycles. The van der Waals surface area contributed by atoms with Gasteiger partial charge in [-0.25, -0.2) is 4.98 Å². The Hall–Kier alpha value is -3.30. The number of hydrogen-bond donors (Lipinski definition) is 4. The summed E-state index contributed by atoms with van der Waals surface area (Å²) in [6.07, 6.45) is 6.37. The summed E-state index contributed by atoms with van der Waals surface area (Å²) < 4.78 is 10.9. The third-order valence-electron chi connectivity index (χ3n) is 3.91. The fraction of sp³-hybridized carbons (Fsp3) is 0.222. The molecule has 2 aromatic heterocycles. The molecule has 1 fully saturated rings. The third kappa shape index (κ3) is 4.66. The maximum absolute atomic E-state index is 10.5. The Morgan fingerprint density at radius 2 is 2.19 bits per heavy atom. The second-order valence-electron chi connectivity index (χ2n) is 5.70. The highest BCUT2D eigenvalue weighted by Gasteiger charge is 2.13. The molecule has 0 saturated carbocycles. The van der Waals surface area contributed by atoms with E-state index in [1.165, 1.54) is 12.4 Å². The lowest BCUT2D eigenvalue weighted by molar-refractivity contribution is -0.105. The van der Waals surface area contributed by atoms with Crippen LogP contribution >= 0.6 is 0 Å². The average Bonchev–Trinajstić information content (AvgIpc) is 2.71. The second-order valence-corrected chi connectivity index (χ2v) is 5.70.